The molecule has 2 N–H and O–H groups in total. The summed E-state index contributed by atoms with van der Waals surface area (Å²) < 4.78 is 5.34. The molecule has 33 heavy (non-hydrogen) atoms. The van der Waals surface area contributed by atoms with Crippen LogP contribution in [0.15, 0.2) is 59.8 Å². The minimum atomic E-state index is -0.637. The molecule has 2 aromatic rings. The van der Waals surface area contributed by atoms with E-state index >= 15 is 0 Å². The van der Waals surface area contributed by atoms with E-state index in [4.69, 9.17) is 27.9 Å². The molecule has 9 heteroatoms. The third kappa shape index (κ3) is 5.61. The third-order valence-corrected chi connectivity index (χ3v) is 6.26. The molecule has 1 atom stereocenters. The first-order chi connectivity index (χ1) is 15.9. The molecular weight excluding hydrogens is 463 g/mol. The molecule has 0 bridgehead atoms. The number of nitrogens with zero attached hydrogens (tertiary/aromatic N) is 2. The summed E-state index contributed by atoms with van der Waals surface area (Å²) in [7, 11) is 0. The molecule has 4 rings (SSSR count). The number of benzene rings is 2. The number of urea groups is 1. The van der Waals surface area contributed by atoms with Crippen LogP contribution in [0.5, 0.6) is 0 Å². The first-order valence-electron chi connectivity index (χ1n) is 10.9. The van der Waals surface area contributed by atoms with Gasteiger partial charge in [0.1, 0.15) is 0 Å². The van der Waals surface area contributed by atoms with Crippen molar-refractivity contribution >= 4 is 40.9 Å². The number of halogens is 2. The number of hydrogen-bond acceptors (Lipinski definition) is 5. The second-order valence-electron chi connectivity index (χ2n) is 7.94. The molecule has 0 saturated carbocycles. The number of rotatable bonds is 6. The molecule has 0 aromatic heterocycles. The van der Waals surface area contributed by atoms with Crippen LogP contribution in [0.25, 0.3) is 0 Å². The van der Waals surface area contributed by atoms with E-state index in [1.54, 1.807) is 25.1 Å². The Morgan fingerprint density at radius 1 is 1.06 bits per heavy atom. The van der Waals surface area contributed by atoms with Gasteiger partial charge in [0, 0.05) is 54.2 Å². The molecule has 2 amide bonds. The lowest BCUT2D eigenvalue weighted by Gasteiger charge is -2.38. The standard InChI is InChI=1S/C24H26Cl2N4O3/c1-2-33-23(31)21-20(27-24(32)28-22(21)16-4-3-5-18(26)14-16)15-29-10-12-30(13-11-29)19-8-6-17(25)7-9-19/h3-9,14,22H,2,10-13,15H2,1H3,(H2,27,28,32)/t22-/m0/s1. The summed E-state index contributed by atoms with van der Waals surface area (Å²) in [5, 5.41) is 6.93. The fourth-order valence-corrected chi connectivity index (χ4v) is 4.49. The van der Waals surface area contributed by atoms with Gasteiger partial charge < -0.3 is 20.3 Å². The predicted molar refractivity (Wildman–Crippen MR) is 130 cm³/mol. The second-order valence-corrected chi connectivity index (χ2v) is 8.81. The van der Waals surface area contributed by atoms with Crippen LogP contribution in [0.1, 0.15) is 18.5 Å². The van der Waals surface area contributed by atoms with E-state index in [0.717, 1.165) is 37.4 Å². The van der Waals surface area contributed by atoms with Gasteiger partial charge >= 0.3 is 12.0 Å². The van der Waals surface area contributed by atoms with Gasteiger partial charge in [-0.05, 0) is 48.9 Å². The minimum Gasteiger partial charge on any atom is -0.463 e. The lowest BCUT2D eigenvalue weighted by Crippen LogP contribution is -2.51. The molecule has 1 fully saturated rings. The number of amides is 2. The molecule has 2 aliphatic rings. The van der Waals surface area contributed by atoms with Gasteiger partial charge in [0.05, 0.1) is 18.2 Å². The molecule has 0 unspecified atom stereocenters. The maximum Gasteiger partial charge on any atom is 0.338 e. The first kappa shape index (κ1) is 23.4. The highest BCUT2D eigenvalue weighted by molar-refractivity contribution is 6.30. The van der Waals surface area contributed by atoms with Gasteiger partial charge in [-0.3, -0.25) is 4.90 Å². The van der Waals surface area contributed by atoms with Crippen LogP contribution in [0.2, 0.25) is 10.0 Å². The summed E-state index contributed by atoms with van der Waals surface area (Å²) in [6.07, 6.45) is 0. The van der Waals surface area contributed by atoms with Crippen molar-refractivity contribution in [2.75, 3.05) is 44.2 Å². The SMILES string of the molecule is CCOC(=O)C1=C(CN2CCN(c3ccc(Cl)cc3)CC2)NC(=O)N[C@H]1c1cccc(Cl)c1. The van der Waals surface area contributed by atoms with Crippen molar-refractivity contribution < 1.29 is 14.3 Å². The number of hydrogen-bond donors (Lipinski definition) is 2. The van der Waals surface area contributed by atoms with Crippen LogP contribution in [0, 0.1) is 0 Å². The van der Waals surface area contributed by atoms with Crippen molar-refractivity contribution in [2.45, 2.75) is 13.0 Å². The summed E-state index contributed by atoms with van der Waals surface area (Å²) in [4.78, 5) is 30.0. The van der Waals surface area contributed by atoms with E-state index < -0.39 is 12.0 Å². The van der Waals surface area contributed by atoms with Crippen molar-refractivity contribution in [3.05, 3.63) is 75.4 Å². The smallest absolute Gasteiger partial charge is 0.338 e. The predicted octanol–water partition coefficient (Wildman–Crippen LogP) is 3.99. The largest absolute Gasteiger partial charge is 0.463 e. The monoisotopic (exact) mass is 488 g/mol. The van der Waals surface area contributed by atoms with E-state index in [1.807, 2.05) is 30.3 Å². The van der Waals surface area contributed by atoms with Gasteiger partial charge in [-0.1, -0.05) is 35.3 Å². The Morgan fingerprint density at radius 3 is 2.45 bits per heavy atom. The van der Waals surface area contributed by atoms with Crippen LogP contribution in [0.3, 0.4) is 0 Å². The van der Waals surface area contributed by atoms with E-state index in [-0.39, 0.29) is 12.6 Å². The van der Waals surface area contributed by atoms with Crippen molar-refractivity contribution in [3.63, 3.8) is 0 Å². The zero-order chi connectivity index (χ0) is 23.4. The molecule has 174 valence electrons. The van der Waals surface area contributed by atoms with E-state index in [0.29, 0.717) is 27.9 Å². The summed E-state index contributed by atoms with van der Waals surface area (Å²) in [5.41, 5.74) is 2.81. The molecule has 0 radical (unpaired) electrons. The summed E-state index contributed by atoms with van der Waals surface area (Å²) in [6.45, 7) is 5.66. The maximum atomic E-state index is 12.9. The Hall–Kier alpha value is -2.74. The van der Waals surface area contributed by atoms with E-state index in [2.05, 4.69) is 20.4 Å². The molecule has 7 nitrogen and oxygen atoms in total. The average Bonchev–Trinajstić information content (AvgIpc) is 2.80. The number of carbonyl (C=O) groups is 2. The average molecular weight is 489 g/mol. The number of nitrogens with one attached hydrogen (secondary N) is 2. The minimum absolute atomic E-state index is 0.242. The lowest BCUT2D eigenvalue weighted by molar-refractivity contribution is -0.139. The summed E-state index contributed by atoms with van der Waals surface area (Å²) in [6, 6.07) is 13.9. The Labute approximate surface area is 203 Å². The summed E-state index contributed by atoms with van der Waals surface area (Å²) >= 11 is 12.2. The molecule has 2 aliphatic heterocycles. The molecule has 2 aromatic carbocycles. The quantitative estimate of drug-likeness (QED) is 0.601. The van der Waals surface area contributed by atoms with Crippen molar-refractivity contribution in [1.29, 1.82) is 0 Å². The highest BCUT2D eigenvalue weighted by Gasteiger charge is 2.34. The number of ether oxygens (including phenoxy) is 1. The van der Waals surface area contributed by atoms with Crippen LogP contribution in [-0.2, 0) is 9.53 Å². The lowest BCUT2D eigenvalue weighted by atomic mass is 9.95. The molecule has 0 aliphatic carbocycles. The van der Waals surface area contributed by atoms with Gasteiger partial charge in [-0.25, -0.2) is 9.59 Å². The number of esters is 1. The van der Waals surface area contributed by atoms with Gasteiger partial charge in [0.25, 0.3) is 0 Å². The molecular formula is C24H26Cl2N4O3. The normalized spacial score (nSPS) is 19.2. The highest BCUT2D eigenvalue weighted by atomic mass is 35.5. The summed E-state index contributed by atoms with van der Waals surface area (Å²) in [5.74, 6) is -0.454. The van der Waals surface area contributed by atoms with Gasteiger partial charge in [0.2, 0.25) is 0 Å². The third-order valence-electron chi connectivity index (χ3n) is 5.78. The van der Waals surface area contributed by atoms with Crippen LogP contribution in [-0.4, -0.2) is 56.2 Å². The van der Waals surface area contributed by atoms with Gasteiger partial charge in [-0.2, -0.15) is 0 Å². The molecule has 0 spiro atoms. The Kier molecular flexibility index (Phi) is 7.42. The van der Waals surface area contributed by atoms with Crippen LogP contribution >= 0.6 is 23.2 Å². The van der Waals surface area contributed by atoms with Gasteiger partial charge in [-0.15, -0.1) is 0 Å². The van der Waals surface area contributed by atoms with Crippen molar-refractivity contribution in [2.24, 2.45) is 0 Å². The Balaban J connectivity index is 1.55. The fraction of sp³-hybridized carbons (Fsp3) is 0.333. The Bertz CT molecular complexity index is 1050. The van der Waals surface area contributed by atoms with Crippen LogP contribution in [0.4, 0.5) is 10.5 Å². The van der Waals surface area contributed by atoms with E-state index in [9.17, 15) is 9.59 Å². The number of anilines is 1. The van der Waals surface area contributed by atoms with Crippen LogP contribution < -0.4 is 15.5 Å². The maximum absolute atomic E-state index is 12.9. The fourth-order valence-electron chi connectivity index (χ4n) is 4.17. The molecule has 1 saturated heterocycles. The highest BCUT2D eigenvalue weighted by Crippen LogP contribution is 2.30. The number of piperazine rings is 1. The second kappa shape index (κ2) is 10.5. The van der Waals surface area contributed by atoms with E-state index in [1.165, 1.54) is 0 Å². The van der Waals surface area contributed by atoms with Crippen molar-refractivity contribution in [1.82, 2.24) is 15.5 Å². The number of carbonyl (C=O) groups excluding carboxylic acids is 2. The molecule has 2 heterocycles. The topological polar surface area (TPSA) is 73.9 Å². The zero-order valence-corrected chi connectivity index (χ0v) is 19.8. The van der Waals surface area contributed by atoms with Crippen molar-refractivity contribution in [3.8, 4) is 0 Å². The first-order valence-corrected chi connectivity index (χ1v) is 11.7. The Morgan fingerprint density at radius 2 is 1.79 bits per heavy atom. The zero-order valence-electron chi connectivity index (χ0n) is 18.3. The van der Waals surface area contributed by atoms with Gasteiger partial charge in [0.15, 0.2) is 0 Å².